The minimum atomic E-state index is -0.400. The minimum Gasteiger partial charge on any atom is -0.490 e. The van der Waals surface area contributed by atoms with Crippen LogP contribution in [0.2, 0.25) is 0 Å². The van der Waals surface area contributed by atoms with Gasteiger partial charge in [-0.05, 0) is 54.7 Å². The molecular formula is C20H22BrN3O4S. The van der Waals surface area contributed by atoms with Crippen molar-refractivity contribution in [3.63, 3.8) is 0 Å². The number of nitrogens with one attached hydrogen (secondary N) is 3. The minimum absolute atomic E-state index is 0.0639. The number of benzene rings is 2. The summed E-state index contributed by atoms with van der Waals surface area (Å²) in [4.78, 5) is 24.1. The molecule has 0 bridgehead atoms. The zero-order valence-electron chi connectivity index (χ0n) is 16.1. The van der Waals surface area contributed by atoms with Crippen molar-refractivity contribution in [2.24, 2.45) is 0 Å². The first-order valence-electron chi connectivity index (χ1n) is 8.86. The average molecular weight is 480 g/mol. The highest BCUT2D eigenvalue weighted by molar-refractivity contribution is 9.10. The van der Waals surface area contributed by atoms with Crippen molar-refractivity contribution in [2.45, 2.75) is 13.3 Å². The first-order valence-corrected chi connectivity index (χ1v) is 10.1. The van der Waals surface area contributed by atoms with E-state index in [-0.39, 0.29) is 11.0 Å². The van der Waals surface area contributed by atoms with Crippen molar-refractivity contribution >= 4 is 56.4 Å². The van der Waals surface area contributed by atoms with Gasteiger partial charge in [0, 0.05) is 29.4 Å². The van der Waals surface area contributed by atoms with Gasteiger partial charge in [0.05, 0.1) is 12.2 Å². The fourth-order valence-corrected chi connectivity index (χ4v) is 2.83. The number of rotatable bonds is 8. The number of ether oxygens (including phenoxy) is 2. The van der Waals surface area contributed by atoms with Crippen molar-refractivity contribution in [1.29, 1.82) is 0 Å². The molecule has 0 saturated heterocycles. The standard InChI is InChI=1S/C20H22BrN3O4S/c1-3-18(25)22-14-5-7-15(8-6-14)23-20(29)24-19(26)16-12-13(21)4-9-17(16)28-11-10-27-2/h4-9,12H,3,10-11H2,1-2H3,(H,22,25)(H2,23,24,26,29). The molecule has 154 valence electrons. The summed E-state index contributed by atoms with van der Waals surface area (Å²) in [7, 11) is 1.58. The van der Waals surface area contributed by atoms with Crippen LogP contribution >= 0.6 is 28.1 Å². The van der Waals surface area contributed by atoms with E-state index in [0.29, 0.717) is 42.3 Å². The number of halogens is 1. The van der Waals surface area contributed by atoms with Crippen LogP contribution in [0.15, 0.2) is 46.9 Å². The van der Waals surface area contributed by atoms with E-state index < -0.39 is 5.91 Å². The smallest absolute Gasteiger partial charge is 0.261 e. The van der Waals surface area contributed by atoms with E-state index in [0.717, 1.165) is 4.47 Å². The summed E-state index contributed by atoms with van der Waals surface area (Å²) in [6, 6.07) is 12.1. The Morgan fingerprint density at radius 1 is 1.03 bits per heavy atom. The molecule has 0 saturated carbocycles. The topological polar surface area (TPSA) is 88.7 Å². The number of anilines is 2. The van der Waals surface area contributed by atoms with Gasteiger partial charge < -0.3 is 20.1 Å². The number of hydrogen-bond acceptors (Lipinski definition) is 5. The number of methoxy groups -OCH3 is 1. The van der Waals surface area contributed by atoms with E-state index in [9.17, 15) is 9.59 Å². The summed E-state index contributed by atoms with van der Waals surface area (Å²) in [5.41, 5.74) is 1.71. The summed E-state index contributed by atoms with van der Waals surface area (Å²) in [5.74, 6) is -0.0318. The summed E-state index contributed by atoms with van der Waals surface area (Å²) in [6.45, 7) is 2.51. The highest BCUT2D eigenvalue weighted by Gasteiger charge is 2.15. The maximum atomic E-state index is 12.6. The summed E-state index contributed by atoms with van der Waals surface area (Å²) in [6.07, 6.45) is 0.406. The van der Waals surface area contributed by atoms with Crippen LogP contribution in [0.5, 0.6) is 5.75 Å². The zero-order chi connectivity index (χ0) is 21.2. The van der Waals surface area contributed by atoms with E-state index in [1.54, 1.807) is 56.5 Å². The number of amides is 2. The molecule has 29 heavy (non-hydrogen) atoms. The molecule has 2 rings (SSSR count). The summed E-state index contributed by atoms with van der Waals surface area (Å²) in [5, 5.41) is 8.48. The van der Waals surface area contributed by atoms with E-state index in [1.165, 1.54) is 0 Å². The molecule has 0 heterocycles. The third kappa shape index (κ3) is 7.45. The Balaban J connectivity index is 1.99. The first kappa shape index (κ1) is 22.8. The molecule has 2 aromatic rings. The molecule has 0 radical (unpaired) electrons. The van der Waals surface area contributed by atoms with Crippen LogP contribution < -0.4 is 20.7 Å². The Morgan fingerprint density at radius 2 is 1.69 bits per heavy atom. The number of carbonyl (C=O) groups excluding carboxylic acids is 2. The van der Waals surface area contributed by atoms with Crippen molar-refractivity contribution in [3.05, 3.63) is 52.5 Å². The van der Waals surface area contributed by atoms with E-state index in [4.69, 9.17) is 21.7 Å². The lowest BCUT2D eigenvalue weighted by Gasteiger charge is -2.14. The average Bonchev–Trinajstić information content (AvgIpc) is 2.70. The Hall–Kier alpha value is -2.49. The molecule has 0 aromatic heterocycles. The largest absolute Gasteiger partial charge is 0.490 e. The molecule has 3 N–H and O–H groups in total. The molecule has 0 atom stereocenters. The molecule has 2 amide bonds. The summed E-state index contributed by atoms with van der Waals surface area (Å²) < 4.78 is 11.3. The fraction of sp³-hybridized carbons (Fsp3) is 0.250. The Morgan fingerprint density at radius 3 is 2.31 bits per heavy atom. The van der Waals surface area contributed by atoms with Gasteiger partial charge in [-0.2, -0.15) is 0 Å². The highest BCUT2D eigenvalue weighted by atomic mass is 79.9. The van der Waals surface area contributed by atoms with E-state index in [1.807, 2.05) is 0 Å². The Bertz CT molecular complexity index is 875. The molecule has 7 nitrogen and oxygen atoms in total. The summed E-state index contributed by atoms with van der Waals surface area (Å²) >= 11 is 8.59. The maximum Gasteiger partial charge on any atom is 0.261 e. The van der Waals surface area contributed by atoms with Crippen LogP contribution in [0.4, 0.5) is 11.4 Å². The molecular weight excluding hydrogens is 458 g/mol. The van der Waals surface area contributed by atoms with E-state index >= 15 is 0 Å². The number of carbonyl (C=O) groups is 2. The van der Waals surface area contributed by atoms with Gasteiger partial charge in [-0.25, -0.2) is 0 Å². The van der Waals surface area contributed by atoms with Gasteiger partial charge in [-0.15, -0.1) is 0 Å². The lowest BCUT2D eigenvalue weighted by atomic mass is 10.2. The molecule has 2 aromatic carbocycles. The van der Waals surface area contributed by atoms with Crippen LogP contribution in [-0.2, 0) is 9.53 Å². The van der Waals surface area contributed by atoms with Crippen LogP contribution in [0.3, 0.4) is 0 Å². The first-order chi connectivity index (χ1) is 13.9. The fourth-order valence-electron chi connectivity index (χ4n) is 2.26. The van der Waals surface area contributed by atoms with E-state index in [2.05, 4.69) is 31.9 Å². The molecule has 0 aliphatic heterocycles. The monoisotopic (exact) mass is 479 g/mol. The van der Waals surface area contributed by atoms with Crippen molar-refractivity contribution in [1.82, 2.24) is 5.32 Å². The lowest BCUT2D eigenvalue weighted by molar-refractivity contribution is -0.115. The van der Waals surface area contributed by atoms with Crippen LogP contribution in [0.25, 0.3) is 0 Å². The third-order valence-electron chi connectivity index (χ3n) is 3.71. The van der Waals surface area contributed by atoms with Gasteiger partial charge in [-0.3, -0.25) is 14.9 Å². The molecule has 0 unspecified atom stereocenters. The van der Waals surface area contributed by atoms with Crippen LogP contribution in [0.1, 0.15) is 23.7 Å². The van der Waals surface area contributed by atoms with Gasteiger partial charge in [0.2, 0.25) is 5.91 Å². The number of hydrogen-bond donors (Lipinski definition) is 3. The van der Waals surface area contributed by atoms with Crippen LogP contribution in [-0.4, -0.2) is 37.3 Å². The van der Waals surface area contributed by atoms with Gasteiger partial charge in [-0.1, -0.05) is 22.9 Å². The van der Waals surface area contributed by atoms with Crippen LogP contribution in [0, 0.1) is 0 Å². The predicted octanol–water partition coefficient (Wildman–Crippen LogP) is 3.95. The highest BCUT2D eigenvalue weighted by Crippen LogP contribution is 2.23. The maximum absolute atomic E-state index is 12.6. The molecule has 9 heteroatoms. The van der Waals surface area contributed by atoms with Crippen molar-refractivity contribution in [3.8, 4) is 5.75 Å². The second kappa shape index (κ2) is 11.5. The third-order valence-corrected chi connectivity index (χ3v) is 4.40. The molecule has 0 aliphatic rings. The second-order valence-corrected chi connectivity index (χ2v) is 7.19. The van der Waals surface area contributed by atoms with Gasteiger partial charge >= 0.3 is 0 Å². The molecule has 0 spiro atoms. The zero-order valence-corrected chi connectivity index (χ0v) is 18.5. The molecule has 0 aliphatic carbocycles. The number of thiocarbonyl (C=S) groups is 1. The molecule has 0 fully saturated rings. The van der Waals surface area contributed by atoms with Gasteiger partial charge in [0.1, 0.15) is 12.4 Å². The Kier molecular flexibility index (Phi) is 9.04. The predicted molar refractivity (Wildman–Crippen MR) is 121 cm³/mol. The van der Waals surface area contributed by atoms with Crippen molar-refractivity contribution in [2.75, 3.05) is 31.0 Å². The van der Waals surface area contributed by atoms with Crippen molar-refractivity contribution < 1.29 is 19.1 Å². The quantitative estimate of drug-likeness (QED) is 0.392. The second-order valence-electron chi connectivity index (χ2n) is 5.87. The normalized spacial score (nSPS) is 10.2. The lowest BCUT2D eigenvalue weighted by Crippen LogP contribution is -2.34. The van der Waals surface area contributed by atoms with Gasteiger partial charge in [0.15, 0.2) is 5.11 Å². The SMILES string of the molecule is CCC(=O)Nc1ccc(NC(=S)NC(=O)c2cc(Br)ccc2OCCOC)cc1. The Labute approximate surface area is 183 Å². The van der Waals surface area contributed by atoms with Gasteiger partial charge in [0.25, 0.3) is 5.91 Å².